The summed E-state index contributed by atoms with van der Waals surface area (Å²) in [5.41, 5.74) is 0. The van der Waals surface area contributed by atoms with Crippen molar-refractivity contribution in [3.63, 3.8) is 0 Å². The summed E-state index contributed by atoms with van der Waals surface area (Å²) in [5.74, 6) is -0.326. The number of carbonyl (C=O) groups is 2. The highest BCUT2D eigenvalue weighted by molar-refractivity contribution is 5.83. The molecule has 0 aliphatic carbocycles. The molecule has 6 heteroatoms. The van der Waals surface area contributed by atoms with Gasteiger partial charge in [-0.15, -0.1) is 0 Å². The lowest BCUT2D eigenvalue weighted by atomic mass is 10.0. The Morgan fingerprint density at radius 2 is 2.39 bits per heavy atom. The summed E-state index contributed by atoms with van der Waals surface area (Å²) in [7, 11) is 0. The van der Waals surface area contributed by atoms with Crippen LogP contribution >= 0.6 is 0 Å². The van der Waals surface area contributed by atoms with Crippen molar-refractivity contribution in [2.24, 2.45) is 5.92 Å². The molecule has 2 rings (SSSR count). The van der Waals surface area contributed by atoms with Gasteiger partial charge in [-0.1, -0.05) is 6.92 Å². The zero-order chi connectivity index (χ0) is 13.1. The Kier molecular flexibility index (Phi) is 3.55. The second kappa shape index (κ2) is 5.12. The van der Waals surface area contributed by atoms with Crippen molar-refractivity contribution in [2.45, 2.75) is 25.9 Å². The maximum atomic E-state index is 11.9. The maximum Gasteiger partial charge on any atom is 0.326 e. The molecule has 1 saturated heterocycles. The fraction of sp³-hybridized carbons (Fsp3) is 0.500. The number of urea groups is 1. The van der Waals surface area contributed by atoms with Crippen LogP contribution < -0.4 is 5.32 Å². The third kappa shape index (κ3) is 2.47. The summed E-state index contributed by atoms with van der Waals surface area (Å²) in [5, 5.41) is 11.8. The summed E-state index contributed by atoms with van der Waals surface area (Å²) in [6.45, 7) is 2.59. The normalized spacial score (nSPS) is 23.1. The molecule has 2 unspecified atom stereocenters. The average Bonchev–Trinajstić information content (AvgIpc) is 2.94. The highest BCUT2D eigenvalue weighted by Crippen LogP contribution is 2.24. The van der Waals surface area contributed by atoms with Crippen LogP contribution in [0.1, 0.15) is 19.1 Å². The van der Waals surface area contributed by atoms with E-state index in [1.54, 1.807) is 12.1 Å². The highest BCUT2D eigenvalue weighted by atomic mass is 16.4. The molecule has 2 atom stereocenters. The minimum Gasteiger partial charge on any atom is -0.480 e. The van der Waals surface area contributed by atoms with Gasteiger partial charge in [0, 0.05) is 6.54 Å². The number of nitrogens with one attached hydrogen (secondary N) is 1. The molecule has 18 heavy (non-hydrogen) atoms. The van der Waals surface area contributed by atoms with Gasteiger partial charge in [-0.05, 0) is 24.5 Å². The van der Waals surface area contributed by atoms with Gasteiger partial charge in [0.05, 0.1) is 12.8 Å². The van der Waals surface area contributed by atoms with Gasteiger partial charge >= 0.3 is 12.0 Å². The van der Waals surface area contributed by atoms with E-state index >= 15 is 0 Å². The van der Waals surface area contributed by atoms with Crippen molar-refractivity contribution in [2.75, 3.05) is 6.54 Å². The molecule has 2 amide bonds. The molecular formula is C12H16N2O4. The van der Waals surface area contributed by atoms with Crippen LogP contribution in [0.5, 0.6) is 0 Å². The molecule has 1 aromatic rings. The topological polar surface area (TPSA) is 82.8 Å². The van der Waals surface area contributed by atoms with Crippen molar-refractivity contribution >= 4 is 12.0 Å². The van der Waals surface area contributed by atoms with Gasteiger partial charge in [0.2, 0.25) is 0 Å². The van der Waals surface area contributed by atoms with Gasteiger partial charge in [0.1, 0.15) is 11.8 Å². The lowest BCUT2D eigenvalue weighted by molar-refractivity contribution is -0.142. The van der Waals surface area contributed by atoms with Crippen molar-refractivity contribution < 1.29 is 19.1 Å². The van der Waals surface area contributed by atoms with E-state index < -0.39 is 12.0 Å². The summed E-state index contributed by atoms with van der Waals surface area (Å²) in [4.78, 5) is 24.4. The molecule has 1 aliphatic heterocycles. The van der Waals surface area contributed by atoms with Crippen LogP contribution in [0.2, 0.25) is 0 Å². The van der Waals surface area contributed by atoms with Gasteiger partial charge in [-0.3, -0.25) is 0 Å². The third-order valence-electron chi connectivity index (χ3n) is 3.21. The summed E-state index contributed by atoms with van der Waals surface area (Å²) >= 11 is 0. The largest absolute Gasteiger partial charge is 0.480 e. The Morgan fingerprint density at radius 1 is 1.61 bits per heavy atom. The predicted molar refractivity (Wildman–Crippen MR) is 62.9 cm³/mol. The molecule has 1 fully saturated rings. The first-order valence-corrected chi connectivity index (χ1v) is 5.89. The second-order valence-corrected chi connectivity index (χ2v) is 4.48. The van der Waals surface area contributed by atoms with E-state index in [0.29, 0.717) is 18.7 Å². The van der Waals surface area contributed by atoms with Crippen LogP contribution in [-0.4, -0.2) is 34.6 Å². The molecule has 1 aromatic heterocycles. The lowest BCUT2D eigenvalue weighted by Crippen LogP contribution is -2.47. The first-order valence-electron chi connectivity index (χ1n) is 5.89. The van der Waals surface area contributed by atoms with Gasteiger partial charge < -0.3 is 19.7 Å². The van der Waals surface area contributed by atoms with E-state index in [1.165, 1.54) is 11.2 Å². The van der Waals surface area contributed by atoms with Gasteiger partial charge in [0.15, 0.2) is 0 Å². The Hall–Kier alpha value is -1.98. The van der Waals surface area contributed by atoms with Gasteiger partial charge in [0.25, 0.3) is 0 Å². The van der Waals surface area contributed by atoms with E-state index in [-0.39, 0.29) is 18.5 Å². The van der Waals surface area contributed by atoms with E-state index in [4.69, 9.17) is 9.52 Å². The predicted octanol–water partition coefficient (Wildman–Crippen LogP) is 1.28. The number of carboxylic acid groups (broad SMARTS) is 1. The molecule has 1 aliphatic rings. The monoisotopic (exact) mass is 252 g/mol. The Bertz CT molecular complexity index is 429. The maximum absolute atomic E-state index is 11.9. The number of amides is 2. The number of hydrogen-bond donors (Lipinski definition) is 2. The zero-order valence-corrected chi connectivity index (χ0v) is 10.1. The van der Waals surface area contributed by atoms with Crippen LogP contribution in [-0.2, 0) is 11.3 Å². The summed E-state index contributed by atoms with van der Waals surface area (Å²) < 4.78 is 5.09. The first kappa shape index (κ1) is 12.5. The van der Waals surface area contributed by atoms with Crippen molar-refractivity contribution in [1.82, 2.24) is 10.2 Å². The van der Waals surface area contributed by atoms with Gasteiger partial charge in [-0.2, -0.15) is 0 Å². The molecule has 0 saturated carbocycles. The van der Waals surface area contributed by atoms with Crippen LogP contribution in [0.25, 0.3) is 0 Å². The SMILES string of the molecule is CC1CCN(C(=O)NCc2ccco2)C1C(=O)O. The number of carboxylic acids is 1. The molecule has 2 heterocycles. The minimum atomic E-state index is -0.951. The standard InChI is InChI=1S/C12H16N2O4/c1-8-4-5-14(10(8)11(15)16)12(17)13-7-9-3-2-6-18-9/h2-3,6,8,10H,4-5,7H2,1H3,(H,13,17)(H,15,16). The first-order chi connectivity index (χ1) is 8.59. The molecule has 0 spiro atoms. The fourth-order valence-corrected chi connectivity index (χ4v) is 2.23. The number of carbonyl (C=O) groups excluding carboxylic acids is 1. The zero-order valence-electron chi connectivity index (χ0n) is 10.1. The molecule has 98 valence electrons. The van der Waals surface area contributed by atoms with Crippen molar-refractivity contribution in [3.05, 3.63) is 24.2 Å². The Balaban J connectivity index is 1.94. The quantitative estimate of drug-likeness (QED) is 0.849. The third-order valence-corrected chi connectivity index (χ3v) is 3.21. The Labute approximate surface area is 105 Å². The summed E-state index contributed by atoms with van der Waals surface area (Å²) in [6.07, 6.45) is 2.24. The lowest BCUT2D eigenvalue weighted by Gasteiger charge is -2.23. The second-order valence-electron chi connectivity index (χ2n) is 4.48. The Morgan fingerprint density at radius 3 is 3.00 bits per heavy atom. The molecule has 0 bridgehead atoms. The number of furan rings is 1. The van der Waals surface area contributed by atoms with Crippen LogP contribution in [0.4, 0.5) is 4.79 Å². The number of aliphatic carboxylic acids is 1. The van der Waals surface area contributed by atoms with E-state index in [1.807, 2.05) is 6.92 Å². The number of nitrogens with zero attached hydrogens (tertiary/aromatic N) is 1. The molecule has 0 radical (unpaired) electrons. The van der Waals surface area contributed by atoms with Crippen molar-refractivity contribution in [3.8, 4) is 0 Å². The highest BCUT2D eigenvalue weighted by Gasteiger charge is 2.39. The minimum absolute atomic E-state index is 0.0168. The number of likely N-dealkylation sites (tertiary alicyclic amines) is 1. The van der Waals surface area contributed by atoms with Crippen LogP contribution in [0, 0.1) is 5.92 Å². The van der Waals surface area contributed by atoms with E-state index in [2.05, 4.69) is 5.32 Å². The van der Waals surface area contributed by atoms with Crippen LogP contribution in [0.15, 0.2) is 22.8 Å². The fourth-order valence-electron chi connectivity index (χ4n) is 2.23. The van der Waals surface area contributed by atoms with E-state index in [9.17, 15) is 9.59 Å². The molecule has 2 N–H and O–H groups in total. The number of hydrogen-bond acceptors (Lipinski definition) is 3. The van der Waals surface area contributed by atoms with Crippen molar-refractivity contribution in [1.29, 1.82) is 0 Å². The molecule has 6 nitrogen and oxygen atoms in total. The van der Waals surface area contributed by atoms with E-state index in [0.717, 1.165) is 0 Å². The number of rotatable bonds is 3. The average molecular weight is 252 g/mol. The molecule has 0 aromatic carbocycles. The van der Waals surface area contributed by atoms with Gasteiger partial charge in [-0.25, -0.2) is 9.59 Å². The summed E-state index contributed by atoms with van der Waals surface area (Å²) in [6, 6.07) is 2.39. The molecular weight excluding hydrogens is 236 g/mol. The van der Waals surface area contributed by atoms with Crippen LogP contribution in [0.3, 0.4) is 0 Å². The smallest absolute Gasteiger partial charge is 0.326 e.